The quantitative estimate of drug-likeness (QED) is 0.0906. The fourth-order valence-corrected chi connectivity index (χ4v) is 12.3. The Morgan fingerprint density at radius 3 is 1.06 bits per heavy atom. The second kappa shape index (κ2) is 17.5. The summed E-state index contributed by atoms with van der Waals surface area (Å²) >= 11 is 0. The molecule has 6 aromatic carbocycles. The van der Waals surface area contributed by atoms with Crippen LogP contribution in [0.5, 0.6) is 0 Å². The van der Waals surface area contributed by atoms with Gasteiger partial charge in [-0.1, -0.05) is 177 Å². The van der Waals surface area contributed by atoms with Crippen molar-refractivity contribution in [3.63, 3.8) is 0 Å². The van der Waals surface area contributed by atoms with Crippen LogP contribution in [0, 0.1) is 20.8 Å². The van der Waals surface area contributed by atoms with Crippen molar-refractivity contribution in [2.75, 3.05) is 6.16 Å². The lowest BCUT2D eigenvalue weighted by atomic mass is 9.14. The molecule has 0 saturated carbocycles. The van der Waals surface area contributed by atoms with Crippen molar-refractivity contribution in [1.29, 1.82) is 0 Å². The van der Waals surface area contributed by atoms with Crippen LogP contribution in [0.2, 0.25) is 6.32 Å². The molecule has 6 aromatic rings. The van der Waals surface area contributed by atoms with Crippen LogP contribution in [0.4, 0.5) is 0 Å². The van der Waals surface area contributed by atoms with Gasteiger partial charge in [-0.2, -0.15) is 22.7 Å². The summed E-state index contributed by atoms with van der Waals surface area (Å²) in [6.45, 7) is 11.2. The second-order valence-electron chi connectivity index (χ2n) is 13.8. The van der Waals surface area contributed by atoms with E-state index in [1.807, 2.05) is 0 Å². The molecule has 0 aromatic heterocycles. The van der Waals surface area contributed by atoms with Gasteiger partial charge in [0.2, 0.25) is 0 Å². The van der Waals surface area contributed by atoms with Gasteiger partial charge < -0.3 is 0 Å². The van der Waals surface area contributed by atoms with Crippen molar-refractivity contribution in [3.05, 3.63) is 180 Å². The molecule has 0 saturated heterocycles. The smallest absolute Gasteiger partial charge is 0.112 e. The minimum atomic E-state index is -1.57. The highest BCUT2D eigenvalue weighted by Crippen LogP contribution is 2.55. The van der Waals surface area contributed by atoms with Crippen LogP contribution in [0.1, 0.15) is 56.2 Å². The molecule has 0 radical (unpaired) electrons. The van der Waals surface area contributed by atoms with Crippen LogP contribution in [-0.4, -0.2) is 12.3 Å². The maximum atomic E-state index is 2.40. The van der Waals surface area contributed by atoms with Gasteiger partial charge >= 0.3 is 0 Å². The highest BCUT2D eigenvalue weighted by atomic mass is 31.2. The van der Waals surface area contributed by atoms with Crippen molar-refractivity contribution < 1.29 is 0 Å². The molecule has 2 heteroatoms. The number of benzene rings is 6. The van der Waals surface area contributed by atoms with Gasteiger partial charge in [0.1, 0.15) is 23.2 Å². The Balaban J connectivity index is 0.000000192. The number of aryl methyl sites for hydroxylation is 3. The van der Waals surface area contributed by atoms with Gasteiger partial charge in [0.15, 0.2) is 0 Å². The first kappa shape index (κ1) is 36.1. The average Bonchev–Trinajstić information content (AvgIpc) is 3.14. The van der Waals surface area contributed by atoms with Gasteiger partial charge in [0.05, 0.1) is 12.3 Å². The lowest BCUT2D eigenvalue weighted by Crippen LogP contribution is -2.67. The predicted octanol–water partition coefficient (Wildman–Crippen LogP) is 9.66. The van der Waals surface area contributed by atoms with Crippen molar-refractivity contribution in [3.8, 4) is 0 Å². The normalized spacial score (nSPS) is 11.4. The third kappa shape index (κ3) is 8.34. The van der Waals surface area contributed by atoms with Gasteiger partial charge in [-0.25, -0.2) is 0 Å². The van der Waals surface area contributed by atoms with Crippen molar-refractivity contribution in [2.45, 2.75) is 66.6 Å². The maximum Gasteiger partial charge on any atom is 0.112 e. The van der Waals surface area contributed by atoms with Crippen LogP contribution < -0.4 is 32.3 Å². The predicted molar refractivity (Wildman–Crippen MR) is 223 cm³/mol. The molecular weight excluding hydrogens is 606 g/mol. The molecule has 0 unspecified atom stereocenters. The van der Waals surface area contributed by atoms with E-state index in [1.165, 1.54) is 87.2 Å². The Hall–Kier alpha value is -4.19. The molecule has 6 rings (SSSR count). The zero-order chi connectivity index (χ0) is 34.5. The first-order valence-electron chi connectivity index (χ1n) is 18.4. The summed E-state index contributed by atoms with van der Waals surface area (Å²) in [4.78, 5) is 0. The van der Waals surface area contributed by atoms with Gasteiger partial charge in [0.25, 0.3) is 0 Å². The van der Waals surface area contributed by atoms with Crippen LogP contribution in [-0.2, 0) is 0 Å². The Kier molecular flexibility index (Phi) is 12.9. The van der Waals surface area contributed by atoms with E-state index in [2.05, 4.69) is 198 Å². The minimum absolute atomic E-state index is 0.971. The molecule has 0 N–H and O–H groups in total. The molecule has 0 aliphatic heterocycles. The average molecular weight is 661 g/mol. The molecule has 0 spiro atoms. The summed E-state index contributed by atoms with van der Waals surface area (Å²) in [5, 5.41) is 4.47. The molecule has 250 valence electrons. The van der Waals surface area contributed by atoms with Crippen LogP contribution in [0.3, 0.4) is 0 Å². The SMILES string of the molecule is CCCC[B-](c1cccc(C)c1)(c1cccc(C)c1)c1cccc(C)c1.CCCC[P+](c1ccccc1)(c1ccccc1)c1ccccc1. The van der Waals surface area contributed by atoms with E-state index in [-0.39, 0.29) is 0 Å². The van der Waals surface area contributed by atoms with E-state index in [1.54, 1.807) is 0 Å². The van der Waals surface area contributed by atoms with Crippen molar-refractivity contribution in [1.82, 2.24) is 0 Å². The topological polar surface area (TPSA) is 0 Å². The van der Waals surface area contributed by atoms with E-state index in [4.69, 9.17) is 0 Å². The van der Waals surface area contributed by atoms with E-state index >= 15 is 0 Å². The molecule has 0 amide bonds. The zero-order valence-corrected chi connectivity index (χ0v) is 31.3. The molecule has 0 aliphatic rings. The monoisotopic (exact) mass is 660 g/mol. The highest BCUT2D eigenvalue weighted by Gasteiger charge is 2.44. The third-order valence-corrected chi connectivity index (χ3v) is 14.8. The first-order chi connectivity index (χ1) is 23.9. The molecule has 0 fully saturated rings. The molecule has 0 heterocycles. The standard InChI is InChI=1S/C25H30B.C22H24P/c1-5-6-16-26(23-13-7-10-20(2)17-23,24-14-8-11-21(3)18-24)25-15-9-12-22(4)19-25;1-2-3-19-23(20-13-7-4-8-14-20,21-15-9-5-10-16-21)22-17-11-6-12-18-22/h7-15,17-19H,5-6,16H2,1-4H3;4-18H,2-3,19H2,1H3/q-1;+1. The first-order valence-corrected chi connectivity index (χ1v) is 20.3. The lowest BCUT2D eigenvalue weighted by molar-refractivity contribution is 0.874. The van der Waals surface area contributed by atoms with Crippen LogP contribution >= 0.6 is 7.26 Å². The summed E-state index contributed by atoms with van der Waals surface area (Å²) in [6, 6.07) is 60.9. The molecule has 49 heavy (non-hydrogen) atoms. The fourth-order valence-electron chi connectivity index (χ4n) is 7.79. The van der Waals surface area contributed by atoms with Gasteiger partial charge in [0, 0.05) is 0 Å². The second-order valence-corrected chi connectivity index (χ2v) is 17.4. The van der Waals surface area contributed by atoms with Gasteiger partial charge in [-0.3, -0.25) is 0 Å². The number of hydrogen-bond donors (Lipinski definition) is 0. The van der Waals surface area contributed by atoms with E-state index in [9.17, 15) is 0 Å². The maximum absolute atomic E-state index is 2.40. The van der Waals surface area contributed by atoms with Crippen molar-refractivity contribution >= 4 is 45.7 Å². The molecule has 0 atom stereocenters. The summed E-state index contributed by atoms with van der Waals surface area (Å²) < 4.78 is 0. The number of unbranched alkanes of at least 4 members (excludes halogenated alkanes) is 2. The third-order valence-electron chi connectivity index (χ3n) is 10.3. The minimum Gasteiger partial charge on any atom is -0.200 e. The summed E-state index contributed by atoms with van der Waals surface area (Å²) in [5.41, 5.74) is 8.42. The molecular formula is C47H54BP. The highest BCUT2D eigenvalue weighted by molar-refractivity contribution is 7.95. The molecule has 0 bridgehead atoms. The Morgan fingerprint density at radius 2 is 0.755 bits per heavy atom. The van der Waals surface area contributed by atoms with Gasteiger partial charge in [-0.15, -0.1) is 0 Å². The molecule has 0 nitrogen and oxygen atoms in total. The Bertz CT molecular complexity index is 1660. The van der Waals surface area contributed by atoms with E-state index in [0.717, 1.165) is 0 Å². The largest absolute Gasteiger partial charge is 0.200 e. The lowest BCUT2D eigenvalue weighted by Gasteiger charge is -2.44. The van der Waals surface area contributed by atoms with E-state index in [0.29, 0.717) is 0 Å². The van der Waals surface area contributed by atoms with Crippen molar-refractivity contribution in [2.24, 2.45) is 0 Å². The van der Waals surface area contributed by atoms with Crippen LogP contribution in [0.25, 0.3) is 0 Å². The number of hydrogen-bond acceptors (Lipinski definition) is 0. The molecule has 0 aliphatic carbocycles. The summed E-state index contributed by atoms with van der Waals surface area (Å²) in [6.07, 6.45) is 6.39. The summed E-state index contributed by atoms with van der Waals surface area (Å²) in [7, 11) is -1.57. The summed E-state index contributed by atoms with van der Waals surface area (Å²) in [5.74, 6) is 0. The van der Waals surface area contributed by atoms with Crippen LogP contribution in [0.15, 0.2) is 164 Å². The zero-order valence-electron chi connectivity index (χ0n) is 30.4. The number of rotatable bonds is 12. The van der Waals surface area contributed by atoms with E-state index < -0.39 is 13.4 Å². The Labute approximate surface area is 297 Å². The van der Waals surface area contributed by atoms with Gasteiger partial charge in [-0.05, 0) is 63.6 Å². The fraction of sp³-hybridized carbons (Fsp3) is 0.234. The Morgan fingerprint density at radius 1 is 0.408 bits per heavy atom.